The van der Waals surface area contributed by atoms with Crippen LogP contribution in [0, 0.1) is 3.57 Å². The molecular formula is C17H17F3IN3O. The first-order valence-corrected chi connectivity index (χ1v) is 8.92. The topological polar surface area (TPSA) is 46.9 Å². The van der Waals surface area contributed by atoms with E-state index in [1.54, 1.807) is 30.9 Å². The van der Waals surface area contributed by atoms with Gasteiger partial charge in [0.15, 0.2) is 0 Å². The summed E-state index contributed by atoms with van der Waals surface area (Å²) in [6.07, 6.45) is 0.598. The van der Waals surface area contributed by atoms with E-state index in [9.17, 15) is 18.0 Å². The van der Waals surface area contributed by atoms with Crippen LogP contribution in [0.25, 0.3) is 0 Å². The standard InChI is InChI=1S/C17H17F3IN3O/c1-16(2,24-9-10(21)8-22-24)15(25)23-14-7-6-13(17(18,19)20)11-4-3-5-12(11)14/h6-9H,3-5H2,1-2H3,(H,23,25). The minimum atomic E-state index is -4.37. The van der Waals surface area contributed by atoms with E-state index < -0.39 is 17.3 Å². The summed E-state index contributed by atoms with van der Waals surface area (Å²) in [4.78, 5) is 12.7. The lowest BCUT2D eigenvalue weighted by Gasteiger charge is -2.25. The molecule has 0 aliphatic heterocycles. The number of aromatic nitrogens is 2. The van der Waals surface area contributed by atoms with Gasteiger partial charge in [-0.05, 0) is 79.0 Å². The van der Waals surface area contributed by atoms with Crippen LogP contribution in [0.5, 0.6) is 0 Å². The quantitative estimate of drug-likeness (QED) is 0.688. The van der Waals surface area contributed by atoms with Crippen LogP contribution in [0.2, 0.25) is 0 Å². The second-order valence-corrected chi connectivity index (χ2v) is 7.83. The monoisotopic (exact) mass is 463 g/mol. The molecule has 134 valence electrons. The second kappa shape index (κ2) is 6.30. The molecule has 1 aromatic heterocycles. The highest BCUT2D eigenvalue weighted by Gasteiger charge is 2.37. The average Bonchev–Trinajstić information content (AvgIpc) is 3.15. The molecule has 25 heavy (non-hydrogen) atoms. The molecule has 0 radical (unpaired) electrons. The van der Waals surface area contributed by atoms with Gasteiger partial charge in [-0.2, -0.15) is 18.3 Å². The van der Waals surface area contributed by atoms with Crippen molar-refractivity contribution in [3.8, 4) is 0 Å². The molecule has 1 aliphatic carbocycles. The highest BCUT2D eigenvalue weighted by Crippen LogP contribution is 2.40. The van der Waals surface area contributed by atoms with Gasteiger partial charge in [-0.15, -0.1) is 0 Å². The molecule has 3 rings (SSSR count). The number of halogens is 4. The Labute approximate surface area is 156 Å². The third-order valence-corrected chi connectivity index (χ3v) is 5.07. The van der Waals surface area contributed by atoms with Gasteiger partial charge in [-0.1, -0.05) is 0 Å². The first-order chi connectivity index (χ1) is 11.6. The number of carbonyl (C=O) groups is 1. The number of amides is 1. The Morgan fingerprint density at radius 2 is 1.92 bits per heavy atom. The highest BCUT2D eigenvalue weighted by molar-refractivity contribution is 14.1. The summed E-state index contributed by atoms with van der Waals surface area (Å²) >= 11 is 2.10. The van der Waals surface area contributed by atoms with E-state index in [2.05, 4.69) is 33.0 Å². The molecule has 4 nitrogen and oxygen atoms in total. The van der Waals surface area contributed by atoms with Crippen molar-refractivity contribution in [2.24, 2.45) is 0 Å². The SMILES string of the molecule is CC(C)(C(=O)Nc1ccc(C(F)(F)F)c2c1CCC2)n1cc(I)cn1. The van der Waals surface area contributed by atoms with E-state index in [-0.39, 0.29) is 5.91 Å². The molecular weight excluding hydrogens is 446 g/mol. The van der Waals surface area contributed by atoms with Crippen molar-refractivity contribution in [2.45, 2.75) is 44.8 Å². The number of fused-ring (bicyclic) bond motifs is 1. The lowest BCUT2D eigenvalue weighted by molar-refractivity contribution is -0.138. The van der Waals surface area contributed by atoms with Gasteiger partial charge in [-0.3, -0.25) is 9.48 Å². The average molecular weight is 463 g/mol. The fourth-order valence-corrected chi connectivity index (χ4v) is 3.46. The zero-order valence-corrected chi connectivity index (χ0v) is 15.9. The van der Waals surface area contributed by atoms with Crippen molar-refractivity contribution in [2.75, 3.05) is 5.32 Å². The number of rotatable bonds is 3. The normalized spacial score (nSPS) is 14.5. The third-order valence-electron chi connectivity index (χ3n) is 4.52. The number of nitrogens with zero attached hydrogens (tertiary/aromatic N) is 2. The smallest absolute Gasteiger partial charge is 0.324 e. The number of anilines is 1. The zero-order chi connectivity index (χ0) is 18.4. The van der Waals surface area contributed by atoms with Crippen LogP contribution in [-0.2, 0) is 29.4 Å². The Morgan fingerprint density at radius 3 is 2.52 bits per heavy atom. The van der Waals surface area contributed by atoms with Crippen molar-refractivity contribution in [1.82, 2.24) is 9.78 Å². The van der Waals surface area contributed by atoms with Crippen LogP contribution in [0.3, 0.4) is 0 Å². The summed E-state index contributed by atoms with van der Waals surface area (Å²) in [6.45, 7) is 3.44. The molecule has 0 fully saturated rings. The number of hydrogen-bond donors (Lipinski definition) is 1. The van der Waals surface area contributed by atoms with Crippen LogP contribution in [0.4, 0.5) is 18.9 Å². The van der Waals surface area contributed by atoms with Gasteiger partial charge in [0, 0.05) is 11.9 Å². The Kier molecular flexibility index (Phi) is 4.59. The summed E-state index contributed by atoms with van der Waals surface area (Å²) in [6, 6.07) is 2.41. The second-order valence-electron chi connectivity index (χ2n) is 6.59. The summed E-state index contributed by atoms with van der Waals surface area (Å²) in [5.74, 6) is -0.319. The first-order valence-electron chi connectivity index (χ1n) is 7.85. The maximum Gasteiger partial charge on any atom is 0.416 e. The molecule has 2 aromatic rings. The number of alkyl halides is 3. The molecule has 1 aromatic carbocycles. The first kappa shape index (κ1) is 18.2. The van der Waals surface area contributed by atoms with Crippen LogP contribution in [0.1, 0.15) is 37.0 Å². The largest absolute Gasteiger partial charge is 0.416 e. The molecule has 1 heterocycles. The van der Waals surface area contributed by atoms with Crippen LogP contribution in [0.15, 0.2) is 24.5 Å². The lowest BCUT2D eigenvalue weighted by atomic mass is 9.99. The van der Waals surface area contributed by atoms with Crippen LogP contribution < -0.4 is 5.32 Å². The zero-order valence-electron chi connectivity index (χ0n) is 13.7. The third kappa shape index (κ3) is 3.40. The molecule has 1 N–H and O–H groups in total. The fourth-order valence-electron chi connectivity index (χ4n) is 3.07. The van der Waals surface area contributed by atoms with Crippen LogP contribution in [-0.4, -0.2) is 15.7 Å². The molecule has 0 atom stereocenters. The Bertz CT molecular complexity index is 827. The molecule has 0 saturated heterocycles. The highest BCUT2D eigenvalue weighted by atomic mass is 127. The molecule has 0 unspecified atom stereocenters. The van der Waals surface area contributed by atoms with Gasteiger partial charge in [-0.25, -0.2) is 0 Å². The lowest BCUT2D eigenvalue weighted by Crippen LogP contribution is -2.40. The van der Waals surface area contributed by atoms with Crippen molar-refractivity contribution >= 4 is 34.2 Å². The van der Waals surface area contributed by atoms with Crippen molar-refractivity contribution in [3.05, 3.63) is 44.8 Å². The number of nitrogens with one attached hydrogen (secondary N) is 1. The van der Waals surface area contributed by atoms with Gasteiger partial charge in [0.05, 0.1) is 15.3 Å². The van der Waals surface area contributed by atoms with E-state index in [4.69, 9.17) is 0 Å². The summed E-state index contributed by atoms with van der Waals surface area (Å²) in [7, 11) is 0. The number of benzene rings is 1. The maximum absolute atomic E-state index is 13.2. The van der Waals surface area contributed by atoms with E-state index in [1.165, 1.54) is 6.07 Å². The van der Waals surface area contributed by atoms with Gasteiger partial charge in [0.25, 0.3) is 5.91 Å². The van der Waals surface area contributed by atoms with E-state index in [0.29, 0.717) is 36.1 Å². The minimum absolute atomic E-state index is 0.303. The van der Waals surface area contributed by atoms with Gasteiger partial charge >= 0.3 is 6.18 Å². The maximum atomic E-state index is 13.2. The van der Waals surface area contributed by atoms with E-state index in [0.717, 1.165) is 9.64 Å². The minimum Gasteiger partial charge on any atom is -0.324 e. The Morgan fingerprint density at radius 1 is 1.24 bits per heavy atom. The molecule has 0 spiro atoms. The predicted octanol–water partition coefficient (Wildman–Crippen LogP) is 4.37. The molecule has 1 amide bonds. The van der Waals surface area contributed by atoms with Crippen molar-refractivity contribution in [3.63, 3.8) is 0 Å². The fraction of sp³-hybridized carbons (Fsp3) is 0.412. The summed E-state index contributed by atoms with van der Waals surface area (Å²) < 4.78 is 41.9. The molecule has 0 bridgehead atoms. The van der Waals surface area contributed by atoms with Crippen molar-refractivity contribution in [1.29, 1.82) is 0 Å². The predicted molar refractivity (Wildman–Crippen MR) is 96.4 cm³/mol. The Balaban J connectivity index is 1.91. The summed E-state index contributed by atoms with van der Waals surface area (Å²) in [5, 5.41) is 6.97. The van der Waals surface area contributed by atoms with Crippen LogP contribution >= 0.6 is 22.6 Å². The van der Waals surface area contributed by atoms with Crippen molar-refractivity contribution < 1.29 is 18.0 Å². The molecule has 1 aliphatic rings. The number of hydrogen-bond acceptors (Lipinski definition) is 2. The van der Waals surface area contributed by atoms with Gasteiger partial charge in [0.2, 0.25) is 0 Å². The van der Waals surface area contributed by atoms with Gasteiger partial charge < -0.3 is 5.32 Å². The summed E-state index contributed by atoms with van der Waals surface area (Å²) in [5.41, 5.74) is -0.206. The molecule has 0 saturated carbocycles. The van der Waals surface area contributed by atoms with E-state index >= 15 is 0 Å². The Hall–Kier alpha value is -1.58. The van der Waals surface area contributed by atoms with E-state index in [1.807, 2.05) is 0 Å². The van der Waals surface area contributed by atoms with Gasteiger partial charge in [0.1, 0.15) is 5.54 Å². The number of carbonyl (C=O) groups excluding carboxylic acids is 1. The molecule has 8 heteroatoms.